The number of carbonyl (C=O) groups excluding carboxylic acids is 1. The molecule has 0 aliphatic carbocycles. The van der Waals surface area contributed by atoms with Crippen LogP contribution in [0.15, 0.2) is 42.7 Å². The van der Waals surface area contributed by atoms with Crippen molar-refractivity contribution in [3.8, 4) is 0 Å². The van der Waals surface area contributed by atoms with Crippen LogP contribution in [-0.4, -0.2) is 39.9 Å². The minimum Gasteiger partial charge on any atom is -0.355 e. The lowest BCUT2D eigenvalue weighted by Gasteiger charge is -2.26. The number of nitrogens with zero attached hydrogens (tertiary/aromatic N) is 4. The smallest absolute Gasteiger partial charge is 0.274 e. The highest BCUT2D eigenvalue weighted by molar-refractivity contribution is 5.92. The van der Waals surface area contributed by atoms with Gasteiger partial charge in [-0.15, -0.1) is 0 Å². The second-order valence-electron chi connectivity index (χ2n) is 6.47. The van der Waals surface area contributed by atoms with Crippen LogP contribution in [0.2, 0.25) is 0 Å². The van der Waals surface area contributed by atoms with Crippen molar-refractivity contribution in [2.24, 2.45) is 0 Å². The zero-order chi connectivity index (χ0) is 16.9. The summed E-state index contributed by atoms with van der Waals surface area (Å²) < 4.78 is 0. The minimum atomic E-state index is -0.0747. The Morgan fingerprint density at radius 2 is 1.83 bits per heavy atom. The summed E-state index contributed by atoms with van der Waals surface area (Å²) in [4.78, 5) is 25.7. The predicted octanol–water partition coefficient (Wildman–Crippen LogP) is 3.13. The second-order valence-corrected chi connectivity index (χ2v) is 6.47. The van der Waals surface area contributed by atoms with E-state index in [1.54, 1.807) is 12.4 Å². The molecule has 1 aliphatic rings. The first-order valence-electron chi connectivity index (χ1n) is 8.57. The van der Waals surface area contributed by atoms with Gasteiger partial charge >= 0.3 is 0 Å². The normalized spacial score (nSPS) is 14.2. The van der Waals surface area contributed by atoms with E-state index in [9.17, 15) is 4.79 Å². The lowest BCUT2D eigenvalue weighted by molar-refractivity contribution is 0.0684. The number of hydrogen-bond acceptors (Lipinski definition) is 4. The van der Waals surface area contributed by atoms with E-state index in [0.717, 1.165) is 24.5 Å². The number of anilines is 1. The van der Waals surface area contributed by atoms with Crippen molar-refractivity contribution >= 4 is 11.7 Å². The SMILES string of the molecule is CC(C)N(Cc1ccccc1)C(=O)c1cnc(N2CCCC2)cn1. The first-order valence-corrected chi connectivity index (χ1v) is 8.57. The zero-order valence-electron chi connectivity index (χ0n) is 14.4. The Morgan fingerprint density at radius 1 is 1.12 bits per heavy atom. The average Bonchev–Trinajstić information content (AvgIpc) is 3.14. The second kappa shape index (κ2) is 7.43. The first-order chi connectivity index (χ1) is 11.6. The van der Waals surface area contributed by atoms with Crippen LogP contribution >= 0.6 is 0 Å². The number of carbonyl (C=O) groups is 1. The standard InChI is InChI=1S/C19H24N4O/c1-15(2)23(14-16-8-4-3-5-9-16)19(24)17-12-21-18(13-20-17)22-10-6-7-11-22/h3-5,8-9,12-13,15H,6-7,10-11,14H2,1-2H3. The number of hydrogen-bond donors (Lipinski definition) is 0. The van der Waals surface area contributed by atoms with Crippen LogP contribution in [0.1, 0.15) is 42.7 Å². The van der Waals surface area contributed by atoms with E-state index in [0.29, 0.717) is 12.2 Å². The molecule has 24 heavy (non-hydrogen) atoms. The van der Waals surface area contributed by atoms with Gasteiger partial charge in [0.1, 0.15) is 11.5 Å². The van der Waals surface area contributed by atoms with Crippen molar-refractivity contribution in [1.82, 2.24) is 14.9 Å². The maximum atomic E-state index is 12.8. The molecular weight excluding hydrogens is 300 g/mol. The zero-order valence-corrected chi connectivity index (χ0v) is 14.4. The summed E-state index contributed by atoms with van der Waals surface area (Å²) in [5.74, 6) is 0.789. The minimum absolute atomic E-state index is 0.0747. The van der Waals surface area contributed by atoms with Gasteiger partial charge in [-0.05, 0) is 32.3 Å². The monoisotopic (exact) mass is 324 g/mol. The number of benzene rings is 1. The molecule has 3 rings (SSSR count). The van der Waals surface area contributed by atoms with Crippen molar-refractivity contribution in [3.63, 3.8) is 0 Å². The molecule has 0 bridgehead atoms. The molecule has 2 heterocycles. The van der Waals surface area contributed by atoms with Gasteiger partial charge in [0, 0.05) is 25.7 Å². The molecule has 1 fully saturated rings. The van der Waals surface area contributed by atoms with E-state index < -0.39 is 0 Å². The van der Waals surface area contributed by atoms with Gasteiger partial charge in [-0.2, -0.15) is 0 Å². The summed E-state index contributed by atoms with van der Waals surface area (Å²) in [7, 11) is 0. The lowest BCUT2D eigenvalue weighted by Crippen LogP contribution is -2.37. The van der Waals surface area contributed by atoms with Gasteiger partial charge in [-0.25, -0.2) is 9.97 Å². The molecule has 5 heteroatoms. The van der Waals surface area contributed by atoms with Gasteiger partial charge in [-0.3, -0.25) is 4.79 Å². The third-order valence-corrected chi connectivity index (χ3v) is 4.37. The topological polar surface area (TPSA) is 49.3 Å². The maximum Gasteiger partial charge on any atom is 0.274 e. The van der Waals surface area contributed by atoms with Crippen molar-refractivity contribution < 1.29 is 4.79 Å². The highest BCUT2D eigenvalue weighted by atomic mass is 16.2. The molecule has 2 aromatic rings. The quantitative estimate of drug-likeness (QED) is 0.848. The molecule has 0 unspecified atom stereocenters. The van der Waals surface area contributed by atoms with Crippen LogP contribution in [0, 0.1) is 0 Å². The Morgan fingerprint density at radius 3 is 2.42 bits per heavy atom. The van der Waals surface area contributed by atoms with Crippen LogP contribution < -0.4 is 4.90 Å². The molecule has 0 N–H and O–H groups in total. The van der Waals surface area contributed by atoms with Gasteiger partial charge in [0.05, 0.1) is 12.4 Å². The molecule has 0 atom stereocenters. The van der Waals surface area contributed by atoms with Crippen LogP contribution in [0.3, 0.4) is 0 Å². The fourth-order valence-electron chi connectivity index (χ4n) is 2.96. The van der Waals surface area contributed by atoms with Gasteiger partial charge in [0.25, 0.3) is 5.91 Å². The fraction of sp³-hybridized carbons (Fsp3) is 0.421. The third-order valence-electron chi connectivity index (χ3n) is 4.37. The molecule has 0 spiro atoms. The van der Waals surface area contributed by atoms with Crippen LogP contribution in [0.25, 0.3) is 0 Å². The van der Waals surface area contributed by atoms with Gasteiger partial charge in [0.2, 0.25) is 0 Å². The molecule has 1 aromatic heterocycles. The van der Waals surface area contributed by atoms with Crippen LogP contribution in [-0.2, 0) is 6.54 Å². The highest BCUT2D eigenvalue weighted by Crippen LogP contribution is 2.17. The van der Waals surface area contributed by atoms with Crippen molar-refractivity contribution in [3.05, 3.63) is 54.0 Å². The third kappa shape index (κ3) is 3.72. The first kappa shape index (κ1) is 16.4. The molecule has 1 aliphatic heterocycles. The van der Waals surface area contributed by atoms with E-state index in [2.05, 4.69) is 14.9 Å². The number of aromatic nitrogens is 2. The lowest BCUT2D eigenvalue weighted by atomic mass is 10.2. The number of amides is 1. The van der Waals surface area contributed by atoms with E-state index in [1.165, 1.54) is 12.8 Å². The van der Waals surface area contributed by atoms with Crippen molar-refractivity contribution in [1.29, 1.82) is 0 Å². The highest BCUT2D eigenvalue weighted by Gasteiger charge is 2.21. The summed E-state index contributed by atoms with van der Waals surface area (Å²) in [6.45, 7) is 6.66. The Hall–Kier alpha value is -2.43. The molecule has 1 aromatic carbocycles. The molecular formula is C19H24N4O. The van der Waals surface area contributed by atoms with Gasteiger partial charge in [-0.1, -0.05) is 30.3 Å². The Labute approximate surface area is 143 Å². The Balaban J connectivity index is 1.74. The van der Waals surface area contributed by atoms with Crippen LogP contribution in [0.5, 0.6) is 0 Å². The average molecular weight is 324 g/mol. The fourth-order valence-corrected chi connectivity index (χ4v) is 2.96. The molecule has 0 radical (unpaired) electrons. The molecule has 0 saturated carbocycles. The Bertz CT molecular complexity index is 664. The summed E-state index contributed by atoms with van der Waals surface area (Å²) in [5, 5.41) is 0. The van der Waals surface area contributed by atoms with Gasteiger partial charge < -0.3 is 9.80 Å². The summed E-state index contributed by atoms with van der Waals surface area (Å²) in [5.41, 5.74) is 1.52. The van der Waals surface area contributed by atoms with E-state index >= 15 is 0 Å². The van der Waals surface area contributed by atoms with E-state index in [4.69, 9.17) is 0 Å². The van der Waals surface area contributed by atoms with Crippen molar-refractivity contribution in [2.45, 2.75) is 39.3 Å². The van der Waals surface area contributed by atoms with E-state index in [1.807, 2.05) is 49.1 Å². The Kier molecular flexibility index (Phi) is 5.08. The van der Waals surface area contributed by atoms with Crippen molar-refractivity contribution in [2.75, 3.05) is 18.0 Å². The largest absolute Gasteiger partial charge is 0.355 e. The molecule has 126 valence electrons. The molecule has 1 saturated heterocycles. The van der Waals surface area contributed by atoms with Crippen LogP contribution in [0.4, 0.5) is 5.82 Å². The van der Waals surface area contributed by atoms with E-state index in [-0.39, 0.29) is 11.9 Å². The molecule has 1 amide bonds. The van der Waals surface area contributed by atoms with Gasteiger partial charge in [0.15, 0.2) is 0 Å². The number of rotatable bonds is 5. The molecule has 5 nitrogen and oxygen atoms in total. The summed E-state index contributed by atoms with van der Waals surface area (Å²) >= 11 is 0. The maximum absolute atomic E-state index is 12.8. The predicted molar refractivity (Wildman–Crippen MR) is 94.9 cm³/mol. The summed E-state index contributed by atoms with van der Waals surface area (Å²) in [6.07, 6.45) is 5.72. The summed E-state index contributed by atoms with van der Waals surface area (Å²) in [6, 6.07) is 10.1.